The smallest absolute Gasteiger partial charge is 0.220 e. The molecule has 1 saturated heterocycles. The van der Waals surface area contributed by atoms with E-state index in [0.717, 1.165) is 25.9 Å². The van der Waals surface area contributed by atoms with Gasteiger partial charge in [-0.15, -0.1) is 0 Å². The van der Waals surface area contributed by atoms with Crippen molar-refractivity contribution in [1.82, 2.24) is 5.32 Å². The van der Waals surface area contributed by atoms with Crippen molar-refractivity contribution in [3.05, 3.63) is 0 Å². The van der Waals surface area contributed by atoms with Crippen molar-refractivity contribution in [3.63, 3.8) is 0 Å². The van der Waals surface area contributed by atoms with Gasteiger partial charge in [-0.2, -0.15) is 0 Å². The van der Waals surface area contributed by atoms with Crippen molar-refractivity contribution < 1.29 is 14.3 Å². The van der Waals surface area contributed by atoms with Gasteiger partial charge in [-0.3, -0.25) is 4.79 Å². The van der Waals surface area contributed by atoms with E-state index < -0.39 is 0 Å². The van der Waals surface area contributed by atoms with Gasteiger partial charge < -0.3 is 20.5 Å². The fourth-order valence-corrected chi connectivity index (χ4v) is 1.55. The Balaban J connectivity index is 1.85. The largest absolute Gasteiger partial charge is 0.379 e. The highest BCUT2D eigenvalue weighted by Gasteiger charge is 2.15. The van der Waals surface area contributed by atoms with Gasteiger partial charge in [-0.05, 0) is 25.8 Å². The lowest BCUT2D eigenvalue weighted by atomic mass is 10.3. The Morgan fingerprint density at radius 2 is 2.38 bits per heavy atom. The highest BCUT2D eigenvalue weighted by molar-refractivity contribution is 5.75. The van der Waals surface area contributed by atoms with Crippen LogP contribution in [0.2, 0.25) is 0 Å². The SMILES string of the molecule is NCCCC(=O)NCCCOC1CCOC1. The highest BCUT2D eigenvalue weighted by Crippen LogP contribution is 2.07. The predicted octanol–water partition coefficient (Wildman–Crippen LogP) is 0.0371. The maximum Gasteiger partial charge on any atom is 0.220 e. The minimum absolute atomic E-state index is 0.0784. The van der Waals surface area contributed by atoms with Gasteiger partial charge in [-0.25, -0.2) is 0 Å². The van der Waals surface area contributed by atoms with E-state index in [1.165, 1.54) is 0 Å². The first kappa shape index (κ1) is 13.4. The molecule has 16 heavy (non-hydrogen) atoms. The number of rotatable bonds is 8. The molecule has 1 atom stereocenters. The second-order valence-corrected chi connectivity index (χ2v) is 3.95. The van der Waals surface area contributed by atoms with Crippen LogP contribution in [-0.4, -0.2) is 44.9 Å². The molecule has 0 aliphatic carbocycles. The van der Waals surface area contributed by atoms with Crippen molar-refractivity contribution in [2.45, 2.75) is 31.8 Å². The molecule has 0 spiro atoms. The molecule has 5 nitrogen and oxygen atoms in total. The van der Waals surface area contributed by atoms with Crippen LogP contribution in [0.15, 0.2) is 0 Å². The Kier molecular flexibility index (Phi) is 7.12. The van der Waals surface area contributed by atoms with Crippen molar-refractivity contribution in [1.29, 1.82) is 0 Å². The van der Waals surface area contributed by atoms with Gasteiger partial charge in [0.05, 0.1) is 12.7 Å². The molecule has 1 rings (SSSR count). The Bertz CT molecular complexity index is 194. The highest BCUT2D eigenvalue weighted by atomic mass is 16.5. The third-order valence-corrected chi connectivity index (χ3v) is 2.49. The summed E-state index contributed by atoms with van der Waals surface area (Å²) in [5.41, 5.74) is 5.31. The molecule has 1 aliphatic heterocycles. The monoisotopic (exact) mass is 230 g/mol. The van der Waals surface area contributed by atoms with Gasteiger partial charge >= 0.3 is 0 Å². The summed E-state index contributed by atoms with van der Waals surface area (Å²) in [5, 5.41) is 2.84. The van der Waals surface area contributed by atoms with Crippen molar-refractivity contribution >= 4 is 5.91 Å². The quantitative estimate of drug-likeness (QED) is 0.577. The van der Waals surface area contributed by atoms with Gasteiger partial charge in [0.15, 0.2) is 0 Å². The molecule has 1 unspecified atom stereocenters. The van der Waals surface area contributed by atoms with Gasteiger partial charge in [0.2, 0.25) is 5.91 Å². The van der Waals surface area contributed by atoms with Crippen molar-refractivity contribution in [2.24, 2.45) is 5.73 Å². The fraction of sp³-hybridized carbons (Fsp3) is 0.909. The van der Waals surface area contributed by atoms with E-state index >= 15 is 0 Å². The predicted molar refractivity (Wildman–Crippen MR) is 61.1 cm³/mol. The Labute approximate surface area is 96.7 Å². The van der Waals surface area contributed by atoms with Crippen LogP contribution in [0.3, 0.4) is 0 Å². The van der Waals surface area contributed by atoms with Gasteiger partial charge in [0.1, 0.15) is 0 Å². The summed E-state index contributed by atoms with van der Waals surface area (Å²) in [6.45, 7) is 3.45. The molecule has 0 saturated carbocycles. The summed E-state index contributed by atoms with van der Waals surface area (Å²) >= 11 is 0. The van der Waals surface area contributed by atoms with E-state index in [1.807, 2.05) is 0 Å². The molecule has 0 bridgehead atoms. The summed E-state index contributed by atoms with van der Waals surface area (Å²) in [4.78, 5) is 11.2. The summed E-state index contributed by atoms with van der Waals surface area (Å²) in [6, 6.07) is 0. The zero-order chi connectivity index (χ0) is 11.6. The Hall–Kier alpha value is -0.650. The summed E-state index contributed by atoms with van der Waals surface area (Å²) in [6.07, 6.45) is 3.37. The molecule has 94 valence electrons. The third-order valence-electron chi connectivity index (χ3n) is 2.49. The first-order valence-electron chi connectivity index (χ1n) is 5.99. The number of carbonyl (C=O) groups excluding carboxylic acids is 1. The number of hydrogen-bond acceptors (Lipinski definition) is 4. The molecule has 1 amide bonds. The lowest BCUT2D eigenvalue weighted by Crippen LogP contribution is -2.26. The average molecular weight is 230 g/mol. The number of ether oxygens (including phenoxy) is 2. The molecule has 0 aromatic heterocycles. The van der Waals surface area contributed by atoms with E-state index in [-0.39, 0.29) is 12.0 Å². The maximum atomic E-state index is 11.2. The van der Waals surface area contributed by atoms with Crippen LogP contribution in [0.4, 0.5) is 0 Å². The van der Waals surface area contributed by atoms with Crippen LogP contribution < -0.4 is 11.1 Å². The first-order valence-corrected chi connectivity index (χ1v) is 5.99. The van der Waals surface area contributed by atoms with Crippen LogP contribution in [0.5, 0.6) is 0 Å². The topological polar surface area (TPSA) is 73.6 Å². The molecule has 3 N–H and O–H groups in total. The lowest BCUT2D eigenvalue weighted by Gasteiger charge is -2.09. The van der Waals surface area contributed by atoms with Crippen molar-refractivity contribution in [3.8, 4) is 0 Å². The molecule has 0 radical (unpaired) electrons. The maximum absolute atomic E-state index is 11.2. The number of carbonyl (C=O) groups is 1. The van der Waals surface area contributed by atoms with E-state index in [9.17, 15) is 4.79 Å². The summed E-state index contributed by atoms with van der Waals surface area (Å²) in [7, 11) is 0. The van der Waals surface area contributed by atoms with E-state index in [2.05, 4.69) is 5.32 Å². The number of hydrogen-bond donors (Lipinski definition) is 2. The molecule has 1 heterocycles. The summed E-state index contributed by atoms with van der Waals surface area (Å²) < 4.78 is 10.8. The Morgan fingerprint density at radius 1 is 1.50 bits per heavy atom. The van der Waals surface area contributed by atoms with Crippen LogP contribution >= 0.6 is 0 Å². The van der Waals surface area contributed by atoms with Crippen LogP contribution in [-0.2, 0) is 14.3 Å². The molecule has 0 aromatic rings. The zero-order valence-corrected chi connectivity index (χ0v) is 9.74. The van der Waals surface area contributed by atoms with E-state index in [4.69, 9.17) is 15.2 Å². The number of nitrogens with two attached hydrogens (primary N) is 1. The van der Waals surface area contributed by atoms with Crippen LogP contribution in [0, 0.1) is 0 Å². The molecule has 1 aliphatic rings. The average Bonchev–Trinajstić information content (AvgIpc) is 2.79. The summed E-state index contributed by atoms with van der Waals surface area (Å²) in [5.74, 6) is 0.0784. The van der Waals surface area contributed by atoms with E-state index in [0.29, 0.717) is 32.7 Å². The normalized spacial score (nSPS) is 19.9. The molecule has 5 heteroatoms. The fourth-order valence-electron chi connectivity index (χ4n) is 1.55. The minimum Gasteiger partial charge on any atom is -0.379 e. The van der Waals surface area contributed by atoms with Crippen LogP contribution in [0.1, 0.15) is 25.7 Å². The van der Waals surface area contributed by atoms with Crippen molar-refractivity contribution in [2.75, 3.05) is 32.9 Å². The molecular weight excluding hydrogens is 208 g/mol. The molecular formula is C11H22N2O3. The molecule has 1 fully saturated rings. The van der Waals surface area contributed by atoms with Gasteiger partial charge in [-0.1, -0.05) is 0 Å². The second-order valence-electron chi connectivity index (χ2n) is 3.95. The van der Waals surface area contributed by atoms with Gasteiger partial charge in [0, 0.05) is 26.2 Å². The zero-order valence-electron chi connectivity index (χ0n) is 9.74. The van der Waals surface area contributed by atoms with Gasteiger partial charge in [0.25, 0.3) is 0 Å². The first-order chi connectivity index (χ1) is 7.83. The minimum atomic E-state index is 0.0784. The lowest BCUT2D eigenvalue weighted by molar-refractivity contribution is -0.121. The second kappa shape index (κ2) is 8.50. The van der Waals surface area contributed by atoms with E-state index in [1.54, 1.807) is 0 Å². The number of amides is 1. The van der Waals surface area contributed by atoms with Crippen LogP contribution in [0.25, 0.3) is 0 Å². The Morgan fingerprint density at radius 3 is 3.06 bits per heavy atom. The number of nitrogens with one attached hydrogen (secondary N) is 1. The third kappa shape index (κ3) is 6.05. The standard InChI is InChI=1S/C11H22N2O3/c12-5-1-3-11(14)13-6-2-7-16-10-4-8-15-9-10/h10H,1-9,12H2,(H,13,14). The molecule has 0 aromatic carbocycles.